The summed E-state index contributed by atoms with van der Waals surface area (Å²) in [5.41, 5.74) is 0.420. The Hall–Kier alpha value is -3.69. The number of nitrogens with one attached hydrogen (secondary N) is 1. The molecule has 0 unspecified atom stereocenters. The van der Waals surface area contributed by atoms with Gasteiger partial charge >= 0.3 is 5.69 Å². The highest BCUT2D eigenvalue weighted by Gasteiger charge is 2.29. The molecule has 178 valence electrons. The molecule has 0 aliphatic rings. The molecule has 0 saturated carbocycles. The van der Waals surface area contributed by atoms with Crippen LogP contribution >= 0.6 is 0 Å². The number of nitrogens with zero attached hydrogens (tertiary/aromatic N) is 2. The molecule has 0 radical (unpaired) electrons. The van der Waals surface area contributed by atoms with Crippen molar-refractivity contribution in [3.05, 3.63) is 64.0 Å². The zero-order valence-corrected chi connectivity index (χ0v) is 19.0. The van der Waals surface area contributed by atoms with Crippen LogP contribution < -0.4 is 14.8 Å². The minimum atomic E-state index is -0.764. The number of amides is 2. The van der Waals surface area contributed by atoms with Crippen LogP contribution in [0.25, 0.3) is 0 Å². The number of hydrogen-bond donors (Lipinski definition) is 1. The van der Waals surface area contributed by atoms with Crippen molar-refractivity contribution in [2.75, 3.05) is 13.7 Å². The maximum atomic E-state index is 13.3. The van der Waals surface area contributed by atoms with E-state index in [0.29, 0.717) is 12.0 Å². The molecule has 2 aromatic carbocycles. The molecule has 33 heavy (non-hydrogen) atoms. The fourth-order valence-corrected chi connectivity index (χ4v) is 3.21. The number of benzene rings is 2. The van der Waals surface area contributed by atoms with E-state index in [1.165, 1.54) is 42.3 Å². The minimum Gasteiger partial charge on any atom is -0.490 e. The molecule has 9 nitrogen and oxygen atoms in total. The van der Waals surface area contributed by atoms with Gasteiger partial charge in [-0.05, 0) is 44.0 Å². The highest BCUT2D eigenvalue weighted by molar-refractivity contribution is 5.88. The Balaban J connectivity index is 2.24. The Morgan fingerprint density at radius 3 is 2.39 bits per heavy atom. The molecule has 1 N–H and O–H groups in total. The summed E-state index contributed by atoms with van der Waals surface area (Å²) in [6.45, 7) is 5.10. The molecule has 10 heteroatoms. The van der Waals surface area contributed by atoms with Gasteiger partial charge in [0.1, 0.15) is 17.6 Å². The number of nitro groups is 1. The van der Waals surface area contributed by atoms with E-state index in [0.717, 1.165) is 0 Å². The Labute approximate surface area is 191 Å². The number of carbonyl (C=O) groups is 2. The van der Waals surface area contributed by atoms with Gasteiger partial charge in [-0.15, -0.1) is 0 Å². The van der Waals surface area contributed by atoms with E-state index in [4.69, 9.17) is 9.47 Å². The quantitative estimate of drug-likeness (QED) is 0.405. The Kier molecular flexibility index (Phi) is 9.14. The second kappa shape index (κ2) is 11.8. The zero-order chi connectivity index (χ0) is 24.5. The third kappa shape index (κ3) is 7.16. The molecule has 0 aromatic heterocycles. The summed E-state index contributed by atoms with van der Waals surface area (Å²) in [4.78, 5) is 37.7. The molecule has 0 saturated heterocycles. The molecule has 2 aromatic rings. The Bertz CT molecular complexity index is 981. The molecule has 2 amide bonds. The SMILES string of the molecule is CC[C@@H](C(=O)NC(C)C)N(Cc1ccc(F)cc1)C(=O)COc1ccc([N+](=O)[O-])c(OC)c1. The summed E-state index contributed by atoms with van der Waals surface area (Å²) in [5, 5.41) is 13.9. The highest BCUT2D eigenvalue weighted by Crippen LogP contribution is 2.30. The van der Waals surface area contributed by atoms with Crippen LogP contribution in [0.3, 0.4) is 0 Å². The molecule has 0 spiro atoms. The van der Waals surface area contributed by atoms with Crippen LogP contribution in [0.4, 0.5) is 10.1 Å². The number of hydrogen-bond acceptors (Lipinski definition) is 6. The standard InChI is InChI=1S/C23H28FN3O6/c1-5-19(23(29)25-15(2)3)26(13-16-6-8-17(24)9-7-16)22(28)14-33-18-10-11-20(27(30)31)21(12-18)32-4/h6-12,15,19H,5,13-14H2,1-4H3,(H,25,29)/t19-/m0/s1. The molecule has 0 fully saturated rings. The molecular formula is C23H28FN3O6. The predicted molar refractivity (Wildman–Crippen MR) is 119 cm³/mol. The first-order chi connectivity index (χ1) is 15.7. The lowest BCUT2D eigenvalue weighted by Gasteiger charge is -2.31. The number of ether oxygens (including phenoxy) is 2. The number of halogens is 1. The summed E-state index contributed by atoms with van der Waals surface area (Å²) in [7, 11) is 1.29. The minimum absolute atomic E-state index is 0.00383. The first kappa shape index (κ1) is 25.6. The molecule has 0 heterocycles. The van der Waals surface area contributed by atoms with Gasteiger partial charge in [-0.1, -0.05) is 19.1 Å². The van der Waals surface area contributed by atoms with Crippen molar-refractivity contribution in [1.82, 2.24) is 10.2 Å². The van der Waals surface area contributed by atoms with Gasteiger partial charge in [0, 0.05) is 24.7 Å². The van der Waals surface area contributed by atoms with E-state index < -0.39 is 29.3 Å². The smallest absolute Gasteiger partial charge is 0.311 e. The van der Waals surface area contributed by atoms with Gasteiger partial charge in [-0.3, -0.25) is 19.7 Å². The number of methoxy groups -OCH3 is 1. The van der Waals surface area contributed by atoms with Crippen molar-refractivity contribution in [1.29, 1.82) is 0 Å². The van der Waals surface area contributed by atoms with Crippen molar-refractivity contribution in [3.63, 3.8) is 0 Å². The van der Waals surface area contributed by atoms with Crippen LogP contribution in [0, 0.1) is 15.9 Å². The number of rotatable bonds is 11. The van der Waals surface area contributed by atoms with E-state index in [2.05, 4.69) is 5.32 Å². The average molecular weight is 461 g/mol. The van der Waals surface area contributed by atoms with Crippen LogP contribution in [-0.2, 0) is 16.1 Å². The number of carbonyl (C=O) groups excluding carboxylic acids is 2. The van der Waals surface area contributed by atoms with E-state index in [9.17, 15) is 24.1 Å². The van der Waals surface area contributed by atoms with Gasteiger partial charge in [-0.2, -0.15) is 0 Å². The molecule has 2 rings (SSSR count). The van der Waals surface area contributed by atoms with Gasteiger partial charge in [-0.25, -0.2) is 4.39 Å². The number of nitro benzene ring substituents is 1. The van der Waals surface area contributed by atoms with Crippen LogP contribution in [0.2, 0.25) is 0 Å². The van der Waals surface area contributed by atoms with E-state index >= 15 is 0 Å². The monoisotopic (exact) mass is 461 g/mol. The summed E-state index contributed by atoms with van der Waals surface area (Å²) in [6.07, 6.45) is 0.358. The fraction of sp³-hybridized carbons (Fsp3) is 0.391. The third-order valence-electron chi connectivity index (χ3n) is 4.79. The summed E-state index contributed by atoms with van der Waals surface area (Å²) in [6, 6.07) is 8.69. The third-order valence-corrected chi connectivity index (χ3v) is 4.79. The fourth-order valence-electron chi connectivity index (χ4n) is 3.21. The molecule has 1 atom stereocenters. The second-order valence-corrected chi connectivity index (χ2v) is 7.61. The summed E-state index contributed by atoms with van der Waals surface area (Å²) >= 11 is 0. The summed E-state index contributed by atoms with van der Waals surface area (Å²) in [5.74, 6) is -0.984. The topological polar surface area (TPSA) is 111 Å². The largest absolute Gasteiger partial charge is 0.490 e. The lowest BCUT2D eigenvalue weighted by atomic mass is 10.1. The summed E-state index contributed by atoms with van der Waals surface area (Å²) < 4.78 is 23.9. The van der Waals surface area contributed by atoms with Gasteiger partial charge in [0.05, 0.1) is 12.0 Å². The van der Waals surface area contributed by atoms with Crippen molar-refractivity contribution in [3.8, 4) is 11.5 Å². The Morgan fingerprint density at radius 2 is 1.85 bits per heavy atom. The lowest BCUT2D eigenvalue weighted by Crippen LogP contribution is -2.51. The highest BCUT2D eigenvalue weighted by atomic mass is 19.1. The molecular weight excluding hydrogens is 433 g/mol. The van der Waals surface area contributed by atoms with Gasteiger partial charge in [0.15, 0.2) is 6.61 Å². The van der Waals surface area contributed by atoms with E-state index in [-0.39, 0.29) is 35.7 Å². The van der Waals surface area contributed by atoms with Gasteiger partial charge in [0.2, 0.25) is 11.7 Å². The van der Waals surface area contributed by atoms with E-state index in [1.807, 2.05) is 13.8 Å². The second-order valence-electron chi connectivity index (χ2n) is 7.61. The lowest BCUT2D eigenvalue weighted by molar-refractivity contribution is -0.385. The molecule has 0 bridgehead atoms. The Morgan fingerprint density at radius 1 is 1.18 bits per heavy atom. The van der Waals surface area contributed by atoms with Crippen molar-refractivity contribution in [2.45, 2.75) is 45.8 Å². The van der Waals surface area contributed by atoms with E-state index in [1.54, 1.807) is 19.1 Å². The van der Waals surface area contributed by atoms with Gasteiger partial charge in [0.25, 0.3) is 5.91 Å². The predicted octanol–water partition coefficient (Wildman–Crippen LogP) is 3.45. The van der Waals surface area contributed by atoms with Crippen molar-refractivity contribution in [2.24, 2.45) is 0 Å². The van der Waals surface area contributed by atoms with Gasteiger partial charge < -0.3 is 19.7 Å². The maximum Gasteiger partial charge on any atom is 0.311 e. The van der Waals surface area contributed by atoms with Crippen molar-refractivity contribution < 1.29 is 28.4 Å². The first-order valence-corrected chi connectivity index (χ1v) is 10.5. The molecule has 0 aliphatic heterocycles. The van der Waals surface area contributed by atoms with Crippen LogP contribution in [0.1, 0.15) is 32.8 Å². The molecule has 0 aliphatic carbocycles. The zero-order valence-electron chi connectivity index (χ0n) is 19.0. The average Bonchev–Trinajstić information content (AvgIpc) is 2.77. The van der Waals surface area contributed by atoms with Crippen LogP contribution in [0.15, 0.2) is 42.5 Å². The van der Waals surface area contributed by atoms with Crippen LogP contribution in [0.5, 0.6) is 11.5 Å². The van der Waals surface area contributed by atoms with Crippen molar-refractivity contribution >= 4 is 17.5 Å². The van der Waals surface area contributed by atoms with Crippen LogP contribution in [-0.4, -0.2) is 47.4 Å². The normalized spacial score (nSPS) is 11.6. The maximum absolute atomic E-state index is 13.3. The first-order valence-electron chi connectivity index (χ1n) is 10.5.